The van der Waals surface area contributed by atoms with Gasteiger partial charge in [0.15, 0.2) is 0 Å². The van der Waals surface area contributed by atoms with E-state index in [-0.39, 0.29) is 21.7 Å². The Labute approximate surface area is 127 Å². The van der Waals surface area contributed by atoms with E-state index in [1.54, 1.807) is 0 Å². The van der Waals surface area contributed by atoms with E-state index in [0.29, 0.717) is 19.8 Å². The summed E-state index contributed by atoms with van der Waals surface area (Å²) in [5.74, 6) is -0.990. The van der Waals surface area contributed by atoms with Gasteiger partial charge in [0.2, 0.25) is 10.0 Å². The summed E-state index contributed by atoms with van der Waals surface area (Å²) >= 11 is 0.947. The van der Waals surface area contributed by atoms with Gasteiger partial charge in [-0.05, 0) is 36.6 Å². The molecule has 0 radical (unpaired) electrons. The van der Waals surface area contributed by atoms with Gasteiger partial charge in [0.25, 0.3) is 0 Å². The first-order valence-electron chi connectivity index (χ1n) is 6.90. The van der Waals surface area contributed by atoms with Gasteiger partial charge in [-0.25, -0.2) is 13.2 Å². The number of hydrogen-bond donors (Lipinski definition) is 1. The van der Waals surface area contributed by atoms with Crippen LogP contribution in [0.4, 0.5) is 0 Å². The number of carboxylic acids is 1. The third kappa shape index (κ3) is 2.98. The summed E-state index contributed by atoms with van der Waals surface area (Å²) in [6.45, 7) is 1.66. The predicted molar refractivity (Wildman–Crippen MR) is 77.1 cm³/mol. The molecule has 2 heterocycles. The zero-order chi connectivity index (χ0) is 15.0. The van der Waals surface area contributed by atoms with Gasteiger partial charge in [-0.3, -0.25) is 0 Å². The molecule has 2 fully saturated rings. The second-order valence-corrected chi connectivity index (χ2v) is 8.23. The maximum Gasteiger partial charge on any atom is 0.347 e. The van der Waals surface area contributed by atoms with E-state index in [0.717, 1.165) is 30.6 Å². The van der Waals surface area contributed by atoms with Crippen molar-refractivity contribution in [3.8, 4) is 0 Å². The molecule has 0 amide bonds. The summed E-state index contributed by atoms with van der Waals surface area (Å²) in [6.07, 6.45) is 2.55. The highest BCUT2D eigenvalue weighted by Gasteiger charge is 2.41. The molecule has 21 heavy (non-hydrogen) atoms. The fraction of sp³-hybridized carbons (Fsp3) is 0.615. The van der Waals surface area contributed by atoms with Crippen LogP contribution in [0.2, 0.25) is 0 Å². The molecule has 2 aliphatic rings. The van der Waals surface area contributed by atoms with Crippen LogP contribution >= 0.6 is 11.3 Å². The molecule has 3 rings (SSSR count). The molecule has 1 N–H and O–H groups in total. The monoisotopic (exact) mass is 331 g/mol. The summed E-state index contributed by atoms with van der Waals surface area (Å²) < 4.78 is 32.4. The Hall–Kier alpha value is -0.960. The van der Waals surface area contributed by atoms with Gasteiger partial charge in [0, 0.05) is 19.2 Å². The van der Waals surface area contributed by atoms with Crippen LogP contribution in [-0.2, 0) is 14.8 Å². The van der Waals surface area contributed by atoms with E-state index in [9.17, 15) is 13.2 Å². The van der Waals surface area contributed by atoms with Crippen LogP contribution < -0.4 is 0 Å². The summed E-state index contributed by atoms with van der Waals surface area (Å²) in [5, 5.41) is 10.7. The van der Waals surface area contributed by atoms with Gasteiger partial charge in [-0.1, -0.05) is 0 Å². The largest absolute Gasteiger partial charge is 0.477 e. The van der Waals surface area contributed by atoms with E-state index in [1.165, 1.54) is 15.8 Å². The van der Waals surface area contributed by atoms with Crippen molar-refractivity contribution < 1.29 is 23.1 Å². The van der Waals surface area contributed by atoms with Crippen molar-refractivity contribution in [1.29, 1.82) is 0 Å². The van der Waals surface area contributed by atoms with Crippen molar-refractivity contribution in [1.82, 2.24) is 4.31 Å². The van der Waals surface area contributed by atoms with Gasteiger partial charge < -0.3 is 9.84 Å². The number of hydrogen-bond acceptors (Lipinski definition) is 5. The molecule has 1 aromatic heterocycles. The highest BCUT2D eigenvalue weighted by molar-refractivity contribution is 7.89. The number of nitrogens with zero attached hydrogens (tertiary/aromatic N) is 1. The molecule has 1 aliphatic carbocycles. The number of sulfonamides is 1. The highest BCUT2D eigenvalue weighted by atomic mass is 32.2. The summed E-state index contributed by atoms with van der Waals surface area (Å²) in [5.41, 5.74) is 0. The number of ether oxygens (including phenoxy) is 1. The number of carboxylic acid groups (broad SMARTS) is 1. The lowest BCUT2D eigenvalue weighted by Gasteiger charge is -2.24. The SMILES string of the molecule is O=C(O)c1sccc1S(=O)(=O)N(CC1CCOC1)C1CC1. The zero-order valence-corrected chi connectivity index (χ0v) is 13.0. The fourth-order valence-electron chi connectivity index (χ4n) is 2.57. The summed E-state index contributed by atoms with van der Waals surface area (Å²) in [4.78, 5) is 11.0. The van der Waals surface area contributed by atoms with E-state index < -0.39 is 16.0 Å². The Morgan fingerprint density at radius 2 is 2.19 bits per heavy atom. The molecule has 1 aromatic rings. The molecule has 1 atom stereocenters. The smallest absolute Gasteiger partial charge is 0.347 e. The second kappa shape index (κ2) is 5.68. The van der Waals surface area contributed by atoms with E-state index in [4.69, 9.17) is 9.84 Å². The van der Waals surface area contributed by atoms with Crippen LogP contribution in [-0.4, -0.2) is 49.6 Å². The molecule has 1 unspecified atom stereocenters. The molecule has 6 nitrogen and oxygen atoms in total. The van der Waals surface area contributed by atoms with Crippen molar-refractivity contribution in [3.63, 3.8) is 0 Å². The van der Waals surface area contributed by atoms with Crippen LogP contribution in [0.25, 0.3) is 0 Å². The molecule has 1 aliphatic heterocycles. The fourth-order valence-corrected chi connectivity index (χ4v) is 5.57. The average molecular weight is 331 g/mol. The first kappa shape index (κ1) is 15.0. The number of rotatable bonds is 6. The Balaban J connectivity index is 1.89. The first-order chi connectivity index (χ1) is 10.00. The normalized spacial score (nSPS) is 22.8. The van der Waals surface area contributed by atoms with Crippen LogP contribution in [0, 0.1) is 5.92 Å². The third-order valence-corrected chi connectivity index (χ3v) is 6.82. The Morgan fingerprint density at radius 3 is 2.76 bits per heavy atom. The van der Waals surface area contributed by atoms with Crippen LogP contribution in [0.3, 0.4) is 0 Å². The summed E-state index contributed by atoms with van der Waals surface area (Å²) in [6, 6.07) is 1.40. The topological polar surface area (TPSA) is 83.9 Å². The minimum Gasteiger partial charge on any atom is -0.477 e. The van der Waals surface area contributed by atoms with Gasteiger partial charge in [-0.2, -0.15) is 4.31 Å². The maximum atomic E-state index is 12.8. The van der Waals surface area contributed by atoms with Crippen LogP contribution in [0.5, 0.6) is 0 Å². The highest BCUT2D eigenvalue weighted by Crippen LogP contribution is 2.35. The third-order valence-electron chi connectivity index (χ3n) is 3.83. The molecular formula is C13H17NO5S2. The maximum absolute atomic E-state index is 12.8. The van der Waals surface area contributed by atoms with Crippen molar-refractivity contribution in [3.05, 3.63) is 16.3 Å². The number of aromatic carboxylic acids is 1. The van der Waals surface area contributed by atoms with Crippen molar-refractivity contribution in [2.45, 2.75) is 30.2 Å². The molecule has 1 saturated carbocycles. The lowest BCUT2D eigenvalue weighted by Crippen LogP contribution is -2.37. The molecule has 116 valence electrons. The van der Waals surface area contributed by atoms with Gasteiger partial charge in [0.05, 0.1) is 6.61 Å². The second-order valence-electron chi connectivity index (χ2n) is 5.45. The quantitative estimate of drug-likeness (QED) is 0.856. The van der Waals surface area contributed by atoms with Crippen molar-refractivity contribution in [2.75, 3.05) is 19.8 Å². The predicted octanol–water partition coefficient (Wildman–Crippen LogP) is 1.64. The van der Waals surface area contributed by atoms with Gasteiger partial charge in [0.1, 0.15) is 9.77 Å². The molecule has 0 aromatic carbocycles. The molecule has 0 spiro atoms. The van der Waals surface area contributed by atoms with E-state index in [2.05, 4.69) is 0 Å². The zero-order valence-electron chi connectivity index (χ0n) is 11.4. The standard InChI is InChI=1S/C13H17NO5S2/c15-13(16)12-11(4-6-20-12)21(17,18)14(10-1-2-10)7-9-3-5-19-8-9/h4,6,9-10H,1-3,5,7-8H2,(H,15,16). The van der Waals surface area contributed by atoms with Crippen molar-refractivity contribution >= 4 is 27.3 Å². The Morgan fingerprint density at radius 1 is 1.43 bits per heavy atom. The molecular weight excluding hydrogens is 314 g/mol. The molecule has 0 bridgehead atoms. The Bertz CT molecular complexity index is 629. The minimum atomic E-state index is -3.75. The minimum absolute atomic E-state index is 0.0112. The first-order valence-corrected chi connectivity index (χ1v) is 9.22. The number of thiophene rings is 1. The Kier molecular flexibility index (Phi) is 4.04. The number of carbonyl (C=O) groups is 1. The summed E-state index contributed by atoms with van der Waals surface area (Å²) in [7, 11) is -3.75. The van der Waals surface area contributed by atoms with Crippen molar-refractivity contribution in [2.24, 2.45) is 5.92 Å². The lowest BCUT2D eigenvalue weighted by molar-refractivity contribution is 0.0698. The lowest BCUT2D eigenvalue weighted by atomic mass is 10.1. The van der Waals surface area contributed by atoms with E-state index >= 15 is 0 Å². The van der Waals surface area contributed by atoms with E-state index in [1.807, 2.05) is 0 Å². The van der Waals surface area contributed by atoms with Gasteiger partial charge >= 0.3 is 5.97 Å². The van der Waals surface area contributed by atoms with Crippen LogP contribution in [0.15, 0.2) is 16.3 Å². The molecule has 1 saturated heterocycles. The van der Waals surface area contributed by atoms with Crippen LogP contribution in [0.1, 0.15) is 28.9 Å². The molecule has 8 heteroatoms. The average Bonchev–Trinajstić information content (AvgIpc) is 2.95. The van der Waals surface area contributed by atoms with Gasteiger partial charge in [-0.15, -0.1) is 11.3 Å².